The first-order valence-electron chi connectivity index (χ1n) is 3.13. The first-order valence-corrected chi connectivity index (χ1v) is 4.24. The molecule has 0 aliphatic rings. The summed E-state index contributed by atoms with van der Waals surface area (Å²) in [5, 5.41) is 9.06. The SMILES string of the molecule is N#Cc1cc2nsnc2cc1Cl. The van der Waals surface area contributed by atoms with Gasteiger partial charge >= 0.3 is 0 Å². The third-order valence-corrected chi connectivity index (χ3v) is 2.33. The largest absolute Gasteiger partial charge is 0.192 e. The van der Waals surface area contributed by atoms with Crippen LogP contribution >= 0.6 is 23.3 Å². The summed E-state index contributed by atoms with van der Waals surface area (Å²) in [5.74, 6) is 0. The molecule has 0 amide bonds. The van der Waals surface area contributed by atoms with Crippen molar-refractivity contribution in [2.24, 2.45) is 0 Å². The van der Waals surface area contributed by atoms with Crippen LogP contribution in [0.5, 0.6) is 0 Å². The molecule has 0 bridgehead atoms. The maximum Gasteiger partial charge on any atom is 0.106 e. The van der Waals surface area contributed by atoms with Crippen molar-refractivity contribution in [2.75, 3.05) is 0 Å². The number of hydrogen-bond donors (Lipinski definition) is 0. The highest BCUT2D eigenvalue weighted by atomic mass is 35.5. The van der Waals surface area contributed by atoms with E-state index in [-0.39, 0.29) is 0 Å². The van der Waals surface area contributed by atoms with Gasteiger partial charge in [-0.1, -0.05) is 11.6 Å². The molecular weight excluding hydrogens is 194 g/mol. The zero-order valence-corrected chi connectivity index (χ0v) is 7.35. The minimum atomic E-state index is 0.428. The molecule has 0 N–H and O–H groups in total. The average molecular weight is 196 g/mol. The van der Waals surface area contributed by atoms with Gasteiger partial charge in [-0.2, -0.15) is 14.0 Å². The zero-order chi connectivity index (χ0) is 8.55. The summed E-state index contributed by atoms with van der Waals surface area (Å²) in [5.41, 5.74) is 1.90. The van der Waals surface area contributed by atoms with E-state index in [4.69, 9.17) is 16.9 Å². The molecule has 0 saturated carbocycles. The highest BCUT2D eigenvalue weighted by molar-refractivity contribution is 7.00. The molecule has 12 heavy (non-hydrogen) atoms. The van der Waals surface area contributed by atoms with Crippen molar-refractivity contribution >= 4 is 34.4 Å². The zero-order valence-electron chi connectivity index (χ0n) is 5.78. The fourth-order valence-electron chi connectivity index (χ4n) is 0.892. The Labute approximate surface area is 77.5 Å². The van der Waals surface area contributed by atoms with Crippen molar-refractivity contribution in [2.45, 2.75) is 0 Å². The first-order chi connectivity index (χ1) is 5.81. The fourth-order valence-corrected chi connectivity index (χ4v) is 1.60. The summed E-state index contributed by atoms with van der Waals surface area (Å²) in [6, 6.07) is 5.27. The number of hydrogen-bond acceptors (Lipinski definition) is 4. The molecule has 0 unspecified atom stereocenters. The Morgan fingerprint density at radius 2 is 2.00 bits per heavy atom. The van der Waals surface area contributed by atoms with E-state index in [9.17, 15) is 0 Å². The topological polar surface area (TPSA) is 49.6 Å². The molecule has 2 rings (SSSR count). The Bertz CT molecular complexity index is 471. The molecule has 0 atom stereocenters. The molecule has 58 valence electrons. The van der Waals surface area contributed by atoms with E-state index in [0.717, 1.165) is 22.8 Å². The predicted octanol–water partition coefficient (Wildman–Crippen LogP) is 2.22. The summed E-state index contributed by atoms with van der Waals surface area (Å²) in [4.78, 5) is 0. The minimum Gasteiger partial charge on any atom is -0.192 e. The number of nitrogens with zero attached hydrogens (tertiary/aromatic N) is 3. The van der Waals surface area contributed by atoms with Gasteiger partial charge in [-0.15, -0.1) is 0 Å². The predicted molar refractivity (Wildman–Crippen MR) is 47.1 cm³/mol. The second-order valence-electron chi connectivity index (χ2n) is 2.20. The number of fused-ring (bicyclic) bond motifs is 1. The smallest absolute Gasteiger partial charge is 0.106 e. The Kier molecular flexibility index (Phi) is 1.68. The van der Waals surface area contributed by atoms with Gasteiger partial charge in [0.2, 0.25) is 0 Å². The standard InChI is InChI=1S/C7H2ClN3S/c8-5-2-7-6(10-12-11-7)1-4(5)3-9/h1-2H. The monoisotopic (exact) mass is 195 g/mol. The Balaban J connectivity index is 2.84. The molecule has 2 aromatic rings. The second kappa shape index (κ2) is 2.70. The summed E-state index contributed by atoms with van der Waals surface area (Å²) in [7, 11) is 0. The van der Waals surface area contributed by atoms with Crippen LogP contribution in [0.3, 0.4) is 0 Å². The third-order valence-electron chi connectivity index (χ3n) is 1.46. The van der Waals surface area contributed by atoms with Gasteiger partial charge in [0.1, 0.15) is 17.1 Å². The molecule has 0 saturated heterocycles. The minimum absolute atomic E-state index is 0.428. The summed E-state index contributed by atoms with van der Waals surface area (Å²) >= 11 is 6.89. The van der Waals surface area contributed by atoms with E-state index in [0.29, 0.717) is 10.6 Å². The van der Waals surface area contributed by atoms with Crippen molar-refractivity contribution in [1.29, 1.82) is 5.26 Å². The van der Waals surface area contributed by atoms with Gasteiger partial charge in [0.15, 0.2) is 0 Å². The second-order valence-corrected chi connectivity index (χ2v) is 3.13. The molecule has 1 heterocycles. The lowest BCUT2D eigenvalue weighted by molar-refractivity contribution is 1.49. The van der Waals surface area contributed by atoms with Crippen LogP contribution in [0.4, 0.5) is 0 Å². The van der Waals surface area contributed by atoms with Crippen molar-refractivity contribution in [3.8, 4) is 6.07 Å². The van der Waals surface area contributed by atoms with E-state index in [1.165, 1.54) is 0 Å². The van der Waals surface area contributed by atoms with Gasteiger partial charge in [-0.3, -0.25) is 0 Å². The summed E-state index contributed by atoms with van der Waals surface area (Å²) in [6.07, 6.45) is 0. The molecule has 0 radical (unpaired) electrons. The van der Waals surface area contributed by atoms with Crippen LogP contribution in [0.2, 0.25) is 5.02 Å². The Hall–Kier alpha value is -1.18. The van der Waals surface area contributed by atoms with Crippen LogP contribution in [-0.2, 0) is 0 Å². The summed E-state index contributed by atoms with van der Waals surface area (Å²) in [6.45, 7) is 0. The van der Waals surface area contributed by atoms with E-state index in [2.05, 4.69) is 8.75 Å². The highest BCUT2D eigenvalue weighted by Gasteiger charge is 2.04. The lowest BCUT2D eigenvalue weighted by Crippen LogP contribution is -1.77. The molecular formula is C7H2ClN3S. The average Bonchev–Trinajstić information content (AvgIpc) is 2.49. The fraction of sp³-hybridized carbons (Fsp3) is 0. The van der Waals surface area contributed by atoms with Gasteiger partial charge in [-0.25, -0.2) is 0 Å². The van der Waals surface area contributed by atoms with Crippen molar-refractivity contribution < 1.29 is 0 Å². The first kappa shape index (κ1) is 7.47. The number of aromatic nitrogens is 2. The van der Waals surface area contributed by atoms with Gasteiger partial charge in [0, 0.05) is 0 Å². The van der Waals surface area contributed by atoms with E-state index in [1.54, 1.807) is 12.1 Å². The van der Waals surface area contributed by atoms with Crippen LogP contribution in [0.15, 0.2) is 12.1 Å². The Morgan fingerprint density at radius 3 is 2.67 bits per heavy atom. The van der Waals surface area contributed by atoms with Crippen LogP contribution in [0.25, 0.3) is 11.0 Å². The van der Waals surface area contributed by atoms with Crippen molar-refractivity contribution in [3.63, 3.8) is 0 Å². The molecule has 3 nitrogen and oxygen atoms in total. The van der Waals surface area contributed by atoms with Crippen LogP contribution < -0.4 is 0 Å². The molecule has 0 spiro atoms. The number of benzene rings is 1. The lowest BCUT2D eigenvalue weighted by atomic mass is 10.2. The Morgan fingerprint density at radius 1 is 1.33 bits per heavy atom. The van der Waals surface area contributed by atoms with E-state index >= 15 is 0 Å². The van der Waals surface area contributed by atoms with Gasteiger partial charge in [-0.05, 0) is 12.1 Å². The van der Waals surface area contributed by atoms with Crippen LogP contribution in [-0.4, -0.2) is 8.75 Å². The molecule has 0 fully saturated rings. The molecule has 1 aromatic carbocycles. The van der Waals surface area contributed by atoms with Gasteiger partial charge < -0.3 is 0 Å². The molecule has 1 aromatic heterocycles. The van der Waals surface area contributed by atoms with Crippen molar-refractivity contribution in [3.05, 3.63) is 22.7 Å². The lowest BCUT2D eigenvalue weighted by Gasteiger charge is -1.91. The molecule has 0 aliphatic heterocycles. The molecule has 0 aliphatic carbocycles. The summed E-state index contributed by atoms with van der Waals surface area (Å²) < 4.78 is 7.98. The maximum absolute atomic E-state index is 8.64. The number of halogens is 1. The van der Waals surface area contributed by atoms with E-state index in [1.807, 2.05) is 6.07 Å². The number of rotatable bonds is 0. The molecule has 5 heteroatoms. The maximum atomic E-state index is 8.64. The van der Waals surface area contributed by atoms with Crippen LogP contribution in [0, 0.1) is 11.3 Å². The van der Waals surface area contributed by atoms with Gasteiger partial charge in [0.05, 0.1) is 22.3 Å². The van der Waals surface area contributed by atoms with Gasteiger partial charge in [0.25, 0.3) is 0 Å². The highest BCUT2D eigenvalue weighted by Crippen LogP contribution is 2.21. The third kappa shape index (κ3) is 1.04. The van der Waals surface area contributed by atoms with E-state index < -0.39 is 0 Å². The number of nitriles is 1. The van der Waals surface area contributed by atoms with Crippen molar-refractivity contribution in [1.82, 2.24) is 8.75 Å². The van der Waals surface area contributed by atoms with Crippen LogP contribution in [0.1, 0.15) is 5.56 Å². The normalized spacial score (nSPS) is 10.0. The quantitative estimate of drug-likeness (QED) is 0.648.